The molecule has 0 saturated heterocycles. The Balaban J connectivity index is 1.38. The van der Waals surface area contributed by atoms with Crippen molar-refractivity contribution in [2.45, 2.75) is 0 Å². The van der Waals surface area contributed by atoms with Gasteiger partial charge in [-0.1, -0.05) is 66.7 Å². The van der Waals surface area contributed by atoms with Crippen LogP contribution in [-0.2, 0) is 0 Å². The predicted octanol–water partition coefficient (Wildman–Crippen LogP) is 7.68. The number of anilines is 6. The van der Waals surface area contributed by atoms with E-state index in [4.69, 9.17) is 14.5 Å². The lowest BCUT2D eigenvalue weighted by Crippen LogP contribution is -2.62. The molecule has 4 aliphatic rings. The summed E-state index contributed by atoms with van der Waals surface area (Å²) in [6.07, 6.45) is 2.06. The second kappa shape index (κ2) is 7.55. The Bertz CT molecular complexity index is 2390. The van der Waals surface area contributed by atoms with E-state index in [1.54, 1.807) is 0 Å². The number of aromatic nitrogens is 1. The number of nitrogens with zero attached hydrogens (tertiary/aromatic N) is 3. The van der Waals surface area contributed by atoms with Gasteiger partial charge in [0, 0.05) is 22.7 Å². The van der Waals surface area contributed by atoms with Gasteiger partial charge in [0.1, 0.15) is 0 Å². The van der Waals surface area contributed by atoms with Crippen LogP contribution >= 0.6 is 0 Å². The first-order valence-electron chi connectivity index (χ1n) is 14.6. The zero-order chi connectivity index (χ0) is 27.8. The van der Waals surface area contributed by atoms with Crippen LogP contribution in [0.1, 0.15) is 0 Å². The molecule has 0 saturated carbocycles. The minimum Gasteiger partial charge on any atom is -0.453 e. The Kier molecular flexibility index (Phi) is 3.85. The van der Waals surface area contributed by atoms with Gasteiger partial charge >= 0.3 is 0 Å². The van der Waals surface area contributed by atoms with Crippen LogP contribution in [0, 0.1) is 0 Å². The molecule has 43 heavy (non-hydrogen) atoms. The van der Waals surface area contributed by atoms with Gasteiger partial charge in [-0.2, -0.15) is 0 Å². The molecule has 0 spiro atoms. The normalized spacial score (nSPS) is 14.3. The average Bonchev–Trinajstić information content (AvgIpc) is 3.06. The first-order valence-corrected chi connectivity index (χ1v) is 14.6. The van der Waals surface area contributed by atoms with E-state index in [2.05, 4.69) is 119 Å². The van der Waals surface area contributed by atoms with Crippen LogP contribution in [0.5, 0.6) is 23.0 Å². The standard InChI is InChI=1S/C37H20BN3O2/c1-2-12-26-21(9-1)22-19-29-34-35(23(22)20-39-26)41-28-14-4-6-16-31(28)43-33-18-8-11-25(37(33)41)38(34)24-10-7-17-32-36(24)40(29)27-13-3-5-15-30(27)42-32/h1-20H. The van der Waals surface area contributed by atoms with Gasteiger partial charge in [-0.15, -0.1) is 0 Å². The van der Waals surface area contributed by atoms with Crippen LogP contribution in [-0.4, -0.2) is 11.7 Å². The van der Waals surface area contributed by atoms with Crippen LogP contribution in [0.4, 0.5) is 34.1 Å². The maximum Gasteiger partial charge on any atom is 0.252 e. The van der Waals surface area contributed by atoms with Gasteiger partial charge in [0.2, 0.25) is 0 Å². The maximum atomic E-state index is 6.58. The van der Waals surface area contributed by atoms with Crippen molar-refractivity contribution in [1.29, 1.82) is 0 Å². The summed E-state index contributed by atoms with van der Waals surface area (Å²) in [7, 11) is 0. The van der Waals surface area contributed by atoms with E-state index in [1.807, 2.05) is 12.1 Å². The molecule has 6 heteroatoms. The van der Waals surface area contributed by atoms with E-state index < -0.39 is 0 Å². The molecule has 0 unspecified atom stereocenters. The molecule has 198 valence electrons. The monoisotopic (exact) mass is 549 g/mol. The highest BCUT2D eigenvalue weighted by Crippen LogP contribution is 2.57. The Hall–Kier alpha value is -5.75. The van der Waals surface area contributed by atoms with Crippen molar-refractivity contribution in [3.63, 3.8) is 0 Å². The van der Waals surface area contributed by atoms with E-state index >= 15 is 0 Å². The molecule has 6 aromatic carbocycles. The number of fused-ring (bicyclic) bond motifs is 12. The molecule has 0 amide bonds. The van der Waals surface area contributed by atoms with E-state index in [0.717, 1.165) is 67.7 Å². The van der Waals surface area contributed by atoms with Crippen molar-refractivity contribution in [1.82, 2.24) is 4.98 Å². The second-order valence-electron chi connectivity index (χ2n) is 11.5. The molecule has 0 N–H and O–H groups in total. The van der Waals surface area contributed by atoms with Crippen LogP contribution < -0.4 is 35.7 Å². The smallest absolute Gasteiger partial charge is 0.252 e. The highest BCUT2D eigenvalue weighted by molar-refractivity contribution is 7.00. The third-order valence-electron chi connectivity index (χ3n) is 9.42. The van der Waals surface area contributed by atoms with Crippen molar-refractivity contribution < 1.29 is 9.47 Å². The quantitative estimate of drug-likeness (QED) is 0.143. The first kappa shape index (κ1) is 21.9. The minimum absolute atomic E-state index is 0.0130. The van der Waals surface area contributed by atoms with Crippen LogP contribution in [0.15, 0.2) is 121 Å². The second-order valence-corrected chi connectivity index (χ2v) is 11.5. The van der Waals surface area contributed by atoms with Crippen LogP contribution in [0.25, 0.3) is 21.7 Å². The van der Waals surface area contributed by atoms with E-state index in [9.17, 15) is 0 Å². The zero-order valence-electron chi connectivity index (χ0n) is 22.8. The van der Waals surface area contributed by atoms with Gasteiger partial charge in [-0.25, -0.2) is 0 Å². The Morgan fingerprint density at radius 2 is 1.09 bits per heavy atom. The fraction of sp³-hybridized carbons (Fsp3) is 0. The molecule has 0 atom stereocenters. The number of ether oxygens (including phenoxy) is 2. The molecule has 0 bridgehead atoms. The average molecular weight is 549 g/mol. The van der Waals surface area contributed by atoms with Crippen LogP contribution in [0.2, 0.25) is 0 Å². The Morgan fingerprint density at radius 3 is 1.84 bits per heavy atom. The summed E-state index contributed by atoms with van der Waals surface area (Å²) < 4.78 is 13.1. The number of pyridine rings is 1. The summed E-state index contributed by atoms with van der Waals surface area (Å²) in [5.74, 6) is 3.44. The summed E-state index contributed by atoms with van der Waals surface area (Å²) in [6, 6.07) is 40.5. The number of rotatable bonds is 0. The highest BCUT2D eigenvalue weighted by atomic mass is 16.5. The molecule has 1 aromatic heterocycles. The molecule has 11 rings (SSSR count). The number of hydrogen-bond donors (Lipinski definition) is 0. The molecule has 4 aliphatic heterocycles. The van der Waals surface area contributed by atoms with Gasteiger partial charge in [0.25, 0.3) is 6.71 Å². The van der Waals surface area contributed by atoms with Crippen LogP contribution in [0.3, 0.4) is 0 Å². The third-order valence-corrected chi connectivity index (χ3v) is 9.42. The fourth-order valence-corrected chi connectivity index (χ4v) is 7.78. The SMILES string of the molecule is c1ccc2c(c1)Oc1cccc3c1N2c1cc2c(cnc4ccccc42)c2c1B3c1cccc3c1N2c1ccccc1O3. The summed E-state index contributed by atoms with van der Waals surface area (Å²) in [5, 5.41) is 3.44. The molecule has 7 aromatic rings. The summed E-state index contributed by atoms with van der Waals surface area (Å²) >= 11 is 0. The molecule has 0 fully saturated rings. The zero-order valence-corrected chi connectivity index (χ0v) is 22.8. The topological polar surface area (TPSA) is 37.8 Å². The summed E-state index contributed by atoms with van der Waals surface area (Å²) in [5.41, 5.74) is 11.3. The van der Waals surface area contributed by atoms with Gasteiger partial charge in [-0.3, -0.25) is 4.98 Å². The number of para-hydroxylation sites is 7. The van der Waals surface area contributed by atoms with Gasteiger partial charge in [0.15, 0.2) is 23.0 Å². The maximum absolute atomic E-state index is 6.58. The molecule has 0 aliphatic carbocycles. The van der Waals surface area contributed by atoms with Crippen molar-refractivity contribution in [3.8, 4) is 23.0 Å². The predicted molar refractivity (Wildman–Crippen MR) is 173 cm³/mol. The number of benzene rings is 6. The van der Waals surface area contributed by atoms with Gasteiger partial charge in [-0.05, 0) is 70.3 Å². The van der Waals surface area contributed by atoms with Crippen molar-refractivity contribution in [3.05, 3.63) is 121 Å². The minimum atomic E-state index is -0.0130. The molecule has 5 heterocycles. The molecular weight excluding hydrogens is 529 g/mol. The lowest BCUT2D eigenvalue weighted by atomic mass is 9.33. The highest BCUT2D eigenvalue weighted by Gasteiger charge is 2.48. The lowest BCUT2D eigenvalue weighted by Gasteiger charge is -2.47. The lowest BCUT2D eigenvalue weighted by molar-refractivity contribution is 0.477. The number of hydrogen-bond acceptors (Lipinski definition) is 5. The van der Waals surface area contributed by atoms with E-state index in [1.165, 1.54) is 27.5 Å². The van der Waals surface area contributed by atoms with Crippen molar-refractivity contribution >= 4 is 78.9 Å². The Labute approximate surface area is 247 Å². The van der Waals surface area contributed by atoms with Gasteiger partial charge < -0.3 is 19.3 Å². The first-order chi connectivity index (χ1) is 21.3. The third kappa shape index (κ3) is 2.59. The molecular formula is C37H20BN3O2. The fourth-order valence-electron chi connectivity index (χ4n) is 7.78. The van der Waals surface area contributed by atoms with Crippen molar-refractivity contribution in [2.24, 2.45) is 0 Å². The summed E-state index contributed by atoms with van der Waals surface area (Å²) in [4.78, 5) is 9.85. The van der Waals surface area contributed by atoms with E-state index in [0.29, 0.717) is 0 Å². The van der Waals surface area contributed by atoms with Gasteiger partial charge in [0.05, 0.1) is 34.0 Å². The molecule has 0 radical (unpaired) electrons. The largest absolute Gasteiger partial charge is 0.453 e. The van der Waals surface area contributed by atoms with Crippen molar-refractivity contribution in [2.75, 3.05) is 9.80 Å². The summed E-state index contributed by atoms with van der Waals surface area (Å²) in [6.45, 7) is -0.0130. The van der Waals surface area contributed by atoms with E-state index in [-0.39, 0.29) is 6.71 Å². The Morgan fingerprint density at radius 1 is 0.488 bits per heavy atom. The molecule has 5 nitrogen and oxygen atoms in total.